The standard InChI is InChI=1S/C15H23NO3/c1-11-7-9-13(10-8-11)18-12(2)16(6)14(17)19-15(3,4)5/h7-10,12H,1-6H3. The van der Waals surface area contributed by atoms with Crippen molar-refractivity contribution in [3.05, 3.63) is 29.8 Å². The van der Waals surface area contributed by atoms with Crippen LogP contribution in [0.4, 0.5) is 4.79 Å². The molecule has 4 nitrogen and oxygen atoms in total. The fourth-order valence-corrected chi connectivity index (χ4v) is 1.38. The van der Waals surface area contributed by atoms with E-state index in [4.69, 9.17) is 9.47 Å². The lowest BCUT2D eigenvalue weighted by molar-refractivity contribution is -0.00499. The highest BCUT2D eigenvalue weighted by molar-refractivity contribution is 5.67. The fraction of sp³-hybridized carbons (Fsp3) is 0.533. The molecule has 0 aliphatic carbocycles. The molecule has 0 aromatic heterocycles. The van der Waals surface area contributed by atoms with E-state index in [1.807, 2.05) is 58.9 Å². The van der Waals surface area contributed by atoms with Gasteiger partial charge in [0.25, 0.3) is 0 Å². The van der Waals surface area contributed by atoms with Gasteiger partial charge in [-0.2, -0.15) is 0 Å². The van der Waals surface area contributed by atoms with Crippen molar-refractivity contribution in [3.63, 3.8) is 0 Å². The van der Waals surface area contributed by atoms with Crippen molar-refractivity contribution in [2.75, 3.05) is 7.05 Å². The first kappa shape index (κ1) is 15.3. The first-order chi connectivity index (χ1) is 8.69. The molecule has 0 bridgehead atoms. The predicted molar refractivity (Wildman–Crippen MR) is 75.3 cm³/mol. The zero-order chi connectivity index (χ0) is 14.6. The number of ether oxygens (including phenoxy) is 2. The van der Waals surface area contributed by atoms with Gasteiger partial charge in [0, 0.05) is 7.05 Å². The highest BCUT2D eigenvalue weighted by atomic mass is 16.6. The topological polar surface area (TPSA) is 38.8 Å². The molecule has 0 aliphatic rings. The lowest BCUT2D eigenvalue weighted by Gasteiger charge is -2.28. The number of nitrogens with zero attached hydrogens (tertiary/aromatic N) is 1. The SMILES string of the molecule is Cc1ccc(OC(C)N(C)C(=O)OC(C)(C)C)cc1. The number of rotatable bonds is 3. The van der Waals surface area contributed by atoms with Gasteiger partial charge in [-0.1, -0.05) is 17.7 Å². The van der Waals surface area contributed by atoms with Crippen LogP contribution >= 0.6 is 0 Å². The molecule has 1 unspecified atom stereocenters. The summed E-state index contributed by atoms with van der Waals surface area (Å²) in [6, 6.07) is 7.70. The lowest BCUT2D eigenvalue weighted by Crippen LogP contribution is -2.42. The summed E-state index contributed by atoms with van der Waals surface area (Å²) in [6.07, 6.45) is -0.787. The van der Waals surface area contributed by atoms with Crippen LogP contribution in [0.1, 0.15) is 33.3 Å². The molecule has 19 heavy (non-hydrogen) atoms. The second-order valence-corrected chi connectivity index (χ2v) is 5.62. The number of hydrogen-bond acceptors (Lipinski definition) is 3. The molecule has 0 saturated heterocycles. The van der Waals surface area contributed by atoms with Crippen molar-refractivity contribution in [1.29, 1.82) is 0 Å². The molecule has 1 aromatic carbocycles. The molecule has 0 N–H and O–H groups in total. The molecule has 0 saturated carbocycles. The minimum Gasteiger partial charge on any atom is -0.471 e. The molecule has 1 rings (SSSR count). The van der Waals surface area contributed by atoms with Gasteiger partial charge < -0.3 is 9.47 Å². The first-order valence-corrected chi connectivity index (χ1v) is 6.38. The van der Waals surface area contributed by atoms with E-state index in [1.54, 1.807) is 7.05 Å². The maximum absolute atomic E-state index is 11.9. The third-order valence-corrected chi connectivity index (χ3v) is 2.55. The number of carbonyl (C=O) groups excluding carboxylic acids is 1. The molecule has 0 radical (unpaired) electrons. The summed E-state index contributed by atoms with van der Waals surface area (Å²) in [6.45, 7) is 9.34. The molecule has 0 spiro atoms. The Balaban J connectivity index is 2.59. The van der Waals surface area contributed by atoms with E-state index in [0.717, 1.165) is 5.75 Å². The summed E-state index contributed by atoms with van der Waals surface area (Å²) in [4.78, 5) is 13.3. The van der Waals surface area contributed by atoms with Crippen LogP contribution in [0.15, 0.2) is 24.3 Å². The summed E-state index contributed by atoms with van der Waals surface area (Å²) >= 11 is 0. The Hall–Kier alpha value is -1.71. The van der Waals surface area contributed by atoms with Crippen molar-refractivity contribution < 1.29 is 14.3 Å². The van der Waals surface area contributed by atoms with E-state index in [-0.39, 0.29) is 0 Å². The maximum Gasteiger partial charge on any atom is 0.412 e. The van der Waals surface area contributed by atoms with Gasteiger partial charge in [-0.25, -0.2) is 4.79 Å². The highest BCUT2D eigenvalue weighted by Crippen LogP contribution is 2.16. The van der Waals surface area contributed by atoms with E-state index in [1.165, 1.54) is 10.5 Å². The van der Waals surface area contributed by atoms with E-state index < -0.39 is 17.9 Å². The van der Waals surface area contributed by atoms with Gasteiger partial charge in [0.1, 0.15) is 11.4 Å². The minimum absolute atomic E-state index is 0.391. The van der Waals surface area contributed by atoms with E-state index in [0.29, 0.717) is 0 Å². The van der Waals surface area contributed by atoms with Crippen LogP contribution in [0.25, 0.3) is 0 Å². The minimum atomic E-state index is -0.505. The monoisotopic (exact) mass is 265 g/mol. The van der Waals surface area contributed by atoms with Crippen LogP contribution in [-0.4, -0.2) is 29.9 Å². The Bertz CT molecular complexity index is 420. The van der Waals surface area contributed by atoms with E-state index >= 15 is 0 Å². The van der Waals surface area contributed by atoms with Crippen molar-refractivity contribution in [1.82, 2.24) is 4.90 Å². The van der Waals surface area contributed by atoms with Crippen LogP contribution in [0, 0.1) is 6.92 Å². The molecule has 0 heterocycles. The second kappa shape index (κ2) is 5.95. The third kappa shape index (κ3) is 5.20. The Morgan fingerprint density at radius 3 is 2.21 bits per heavy atom. The van der Waals surface area contributed by atoms with Crippen LogP contribution in [-0.2, 0) is 4.74 Å². The number of amides is 1. The Kier molecular flexibility index (Phi) is 4.81. The number of hydrogen-bond donors (Lipinski definition) is 0. The molecular weight excluding hydrogens is 242 g/mol. The number of carbonyl (C=O) groups is 1. The molecule has 0 fully saturated rings. The van der Waals surface area contributed by atoms with Gasteiger partial charge in [0.15, 0.2) is 6.23 Å². The molecule has 106 valence electrons. The zero-order valence-corrected chi connectivity index (χ0v) is 12.6. The fourth-order valence-electron chi connectivity index (χ4n) is 1.38. The Morgan fingerprint density at radius 1 is 1.21 bits per heavy atom. The maximum atomic E-state index is 11.9. The summed E-state index contributed by atoms with van der Waals surface area (Å²) in [7, 11) is 1.66. The summed E-state index contributed by atoms with van der Waals surface area (Å²) in [5.41, 5.74) is 0.662. The van der Waals surface area contributed by atoms with Gasteiger partial charge in [-0.3, -0.25) is 4.90 Å². The second-order valence-electron chi connectivity index (χ2n) is 5.62. The molecule has 1 amide bonds. The van der Waals surface area contributed by atoms with E-state index in [9.17, 15) is 4.79 Å². The smallest absolute Gasteiger partial charge is 0.412 e. The molecule has 4 heteroatoms. The normalized spacial score (nSPS) is 12.7. The van der Waals surface area contributed by atoms with Crippen LogP contribution in [0.2, 0.25) is 0 Å². The number of aryl methyl sites for hydroxylation is 1. The van der Waals surface area contributed by atoms with Crippen LogP contribution in [0.5, 0.6) is 5.75 Å². The molecule has 1 aromatic rings. The third-order valence-electron chi connectivity index (χ3n) is 2.55. The Morgan fingerprint density at radius 2 is 1.74 bits per heavy atom. The zero-order valence-electron chi connectivity index (χ0n) is 12.6. The Labute approximate surface area is 115 Å². The van der Waals surface area contributed by atoms with Crippen molar-refractivity contribution in [3.8, 4) is 5.75 Å². The summed E-state index contributed by atoms with van der Waals surface area (Å²) in [5, 5.41) is 0. The van der Waals surface area contributed by atoms with Gasteiger partial charge in [0.2, 0.25) is 0 Å². The average molecular weight is 265 g/mol. The van der Waals surface area contributed by atoms with Gasteiger partial charge in [0.05, 0.1) is 0 Å². The summed E-state index contributed by atoms with van der Waals surface area (Å²) in [5.74, 6) is 0.730. The molecule has 0 aliphatic heterocycles. The quantitative estimate of drug-likeness (QED) is 0.784. The van der Waals surface area contributed by atoms with E-state index in [2.05, 4.69) is 0 Å². The first-order valence-electron chi connectivity index (χ1n) is 6.38. The largest absolute Gasteiger partial charge is 0.471 e. The van der Waals surface area contributed by atoms with Crippen molar-refractivity contribution in [2.24, 2.45) is 0 Å². The summed E-state index contributed by atoms with van der Waals surface area (Å²) < 4.78 is 11.0. The van der Waals surface area contributed by atoms with Gasteiger partial charge >= 0.3 is 6.09 Å². The van der Waals surface area contributed by atoms with Crippen LogP contribution in [0.3, 0.4) is 0 Å². The lowest BCUT2D eigenvalue weighted by atomic mass is 10.2. The van der Waals surface area contributed by atoms with Crippen LogP contribution < -0.4 is 4.74 Å². The van der Waals surface area contributed by atoms with Crippen molar-refractivity contribution in [2.45, 2.75) is 46.4 Å². The highest BCUT2D eigenvalue weighted by Gasteiger charge is 2.23. The molecular formula is C15H23NO3. The van der Waals surface area contributed by atoms with Gasteiger partial charge in [-0.05, 0) is 46.8 Å². The van der Waals surface area contributed by atoms with Crippen molar-refractivity contribution >= 4 is 6.09 Å². The van der Waals surface area contributed by atoms with Gasteiger partial charge in [-0.15, -0.1) is 0 Å². The predicted octanol–water partition coefficient (Wildman–Crippen LogP) is 3.59. The molecule has 1 atom stereocenters. The number of benzene rings is 1. The average Bonchev–Trinajstić information content (AvgIpc) is 2.28.